The van der Waals surface area contributed by atoms with E-state index in [2.05, 4.69) is 24.4 Å². The summed E-state index contributed by atoms with van der Waals surface area (Å²) in [5.41, 5.74) is 2.02. The minimum absolute atomic E-state index is 0.0108. The molecule has 0 bridgehead atoms. The third-order valence-corrected chi connectivity index (χ3v) is 4.83. The molecule has 120 valence electrons. The van der Waals surface area contributed by atoms with Crippen molar-refractivity contribution in [1.29, 1.82) is 0 Å². The van der Waals surface area contributed by atoms with Crippen LogP contribution in [-0.2, 0) is 4.79 Å². The van der Waals surface area contributed by atoms with Gasteiger partial charge < -0.3 is 14.8 Å². The number of carbonyl (C=O) groups is 1. The Hall–Kier alpha value is -2.14. The molecule has 0 aliphatic carbocycles. The van der Waals surface area contributed by atoms with Gasteiger partial charge in [-0.05, 0) is 24.6 Å². The number of rotatable bonds is 6. The number of ether oxygens (including phenoxy) is 2. The van der Waals surface area contributed by atoms with Crippen molar-refractivity contribution in [1.82, 2.24) is 0 Å². The van der Waals surface area contributed by atoms with Crippen LogP contribution in [0.5, 0.6) is 11.5 Å². The fraction of sp³-hybridized carbons (Fsp3) is 0.278. The highest BCUT2D eigenvalue weighted by Gasteiger charge is 2.14. The lowest BCUT2D eigenvalue weighted by atomic mass is 10.2. The number of benzene rings is 2. The molecule has 1 aliphatic heterocycles. The third-order valence-electron chi connectivity index (χ3n) is 3.62. The van der Waals surface area contributed by atoms with Crippen molar-refractivity contribution in [2.24, 2.45) is 0 Å². The highest BCUT2D eigenvalue weighted by atomic mass is 32.2. The van der Waals surface area contributed by atoms with Crippen LogP contribution in [0.3, 0.4) is 0 Å². The Morgan fingerprint density at radius 3 is 2.78 bits per heavy atom. The predicted octanol–water partition coefficient (Wildman–Crippen LogP) is 4.24. The number of hydrogen-bond acceptors (Lipinski definition) is 4. The molecule has 0 aromatic heterocycles. The molecule has 1 N–H and O–H groups in total. The van der Waals surface area contributed by atoms with E-state index in [-0.39, 0.29) is 12.7 Å². The van der Waals surface area contributed by atoms with Crippen molar-refractivity contribution in [3.8, 4) is 11.5 Å². The topological polar surface area (TPSA) is 47.6 Å². The lowest BCUT2D eigenvalue weighted by molar-refractivity contribution is -0.115. The number of carbonyl (C=O) groups excluding carboxylic acids is 1. The van der Waals surface area contributed by atoms with Crippen LogP contribution < -0.4 is 14.8 Å². The second kappa shape index (κ2) is 7.42. The van der Waals surface area contributed by atoms with Crippen LogP contribution in [0.1, 0.15) is 24.2 Å². The zero-order valence-corrected chi connectivity index (χ0v) is 13.8. The standard InChI is InChI=1S/C18H19NO3S/c1-13(14-5-3-2-4-6-14)23-10-9-18(20)19-15-7-8-16-17(11-15)22-12-21-16/h2-8,11,13H,9-10,12H2,1H3,(H,19,20). The van der Waals surface area contributed by atoms with Gasteiger partial charge in [-0.3, -0.25) is 4.79 Å². The smallest absolute Gasteiger partial charge is 0.231 e. The third kappa shape index (κ3) is 4.20. The van der Waals surface area contributed by atoms with Gasteiger partial charge in [-0.2, -0.15) is 11.8 Å². The SMILES string of the molecule is CC(SCCC(=O)Nc1ccc2c(c1)OCO2)c1ccccc1. The van der Waals surface area contributed by atoms with Crippen molar-refractivity contribution >= 4 is 23.4 Å². The van der Waals surface area contributed by atoms with E-state index in [9.17, 15) is 4.79 Å². The van der Waals surface area contributed by atoms with Gasteiger partial charge in [-0.15, -0.1) is 0 Å². The molecule has 1 unspecified atom stereocenters. The van der Waals surface area contributed by atoms with Crippen molar-refractivity contribution < 1.29 is 14.3 Å². The van der Waals surface area contributed by atoms with Crippen LogP contribution in [-0.4, -0.2) is 18.5 Å². The van der Waals surface area contributed by atoms with Crippen LogP contribution in [0, 0.1) is 0 Å². The first kappa shape index (κ1) is 15.7. The van der Waals surface area contributed by atoms with Crippen LogP contribution in [0.15, 0.2) is 48.5 Å². The van der Waals surface area contributed by atoms with Crippen molar-refractivity contribution in [2.75, 3.05) is 17.9 Å². The quantitative estimate of drug-likeness (QED) is 0.861. The normalized spacial score (nSPS) is 13.6. The van der Waals surface area contributed by atoms with E-state index in [4.69, 9.17) is 9.47 Å². The summed E-state index contributed by atoms with van der Waals surface area (Å²) < 4.78 is 10.6. The van der Waals surface area contributed by atoms with E-state index in [1.54, 1.807) is 17.8 Å². The molecule has 0 radical (unpaired) electrons. The van der Waals surface area contributed by atoms with Crippen LogP contribution in [0.2, 0.25) is 0 Å². The Labute approximate surface area is 140 Å². The number of nitrogens with one attached hydrogen (secondary N) is 1. The van der Waals surface area contributed by atoms with Gasteiger partial charge in [0.05, 0.1) is 0 Å². The minimum Gasteiger partial charge on any atom is -0.454 e. The lowest BCUT2D eigenvalue weighted by Gasteiger charge is -2.11. The Morgan fingerprint density at radius 2 is 1.96 bits per heavy atom. The van der Waals surface area contributed by atoms with Gasteiger partial charge in [0.15, 0.2) is 11.5 Å². The van der Waals surface area contributed by atoms with Crippen LogP contribution >= 0.6 is 11.8 Å². The van der Waals surface area contributed by atoms with Crippen molar-refractivity contribution in [3.05, 3.63) is 54.1 Å². The predicted molar refractivity (Wildman–Crippen MR) is 93.1 cm³/mol. The van der Waals surface area contributed by atoms with Gasteiger partial charge >= 0.3 is 0 Å². The maximum Gasteiger partial charge on any atom is 0.231 e. The van der Waals surface area contributed by atoms with Gasteiger partial charge in [0.1, 0.15) is 0 Å². The second-order valence-electron chi connectivity index (χ2n) is 5.29. The summed E-state index contributed by atoms with van der Waals surface area (Å²) in [6, 6.07) is 15.8. The lowest BCUT2D eigenvalue weighted by Crippen LogP contribution is -2.12. The first-order chi connectivity index (χ1) is 11.2. The van der Waals surface area contributed by atoms with Crippen molar-refractivity contribution in [2.45, 2.75) is 18.6 Å². The minimum atomic E-state index is 0.0108. The average molecular weight is 329 g/mol. The van der Waals surface area contributed by atoms with E-state index in [0.717, 1.165) is 17.2 Å². The largest absolute Gasteiger partial charge is 0.454 e. The first-order valence-electron chi connectivity index (χ1n) is 7.58. The molecular formula is C18H19NO3S. The monoisotopic (exact) mass is 329 g/mol. The van der Waals surface area contributed by atoms with Crippen LogP contribution in [0.4, 0.5) is 5.69 Å². The Bertz CT molecular complexity index is 675. The van der Waals surface area contributed by atoms with E-state index in [1.807, 2.05) is 30.3 Å². The number of anilines is 1. The van der Waals surface area contributed by atoms with Crippen molar-refractivity contribution in [3.63, 3.8) is 0 Å². The van der Waals surface area contributed by atoms with E-state index >= 15 is 0 Å². The molecule has 0 fully saturated rings. The average Bonchev–Trinajstić information content (AvgIpc) is 3.03. The Balaban J connectivity index is 1.45. The van der Waals surface area contributed by atoms with Gasteiger partial charge in [0, 0.05) is 29.2 Å². The molecule has 2 aromatic carbocycles. The molecule has 0 saturated carbocycles. The number of fused-ring (bicyclic) bond motifs is 1. The summed E-state index contributed by atoms with van der Waals surface area (Å²) in [6.45, 7) is 2.40. The molecule has 3 rings (SSSR count). The highest BCUT2D eigenvalue weighted by Crippen LogP contribution is 2.34. The van der Waals surface area contributed by atoms with Gasteiger partial charge in [0.25, 0.3) is 0 Å². The Kier molecular flexibility index (Phi) is 5.08. The zero-order chi connectivity index (χ0) is 16.1. The van der Waals surface area contributed by atoms with Gasteiger partial charge in [-0.25, -0.2) is 0 Å². The molecule has 1 amide bonds. The van der Waals surface area contributed by atoms with Crippen LogP contribution in [0.25, 0.3) is 0 Å². The molecule has 0 spiro atoms. The molecule has 5 heteroatoms. The summed E-state index contributed by atoms with van der Waals surface area (Å²) in [4.78, 5) is 12.0. The molecule has 23 heavy (non-hydrogen) atoms. The molecule has 1 atom stereocenters. The summed E-state index contributed by atoms with van der Waals surface area (Å²) >= 11 is 1.78. The maximum atomic E-state index is 12.0. The summed E-state index contributed by atoms with van der Waals surface area (Å²) in [6.07, 6.45) is 0.482. The molecule has 1 heterocycles. The zero-order valence-electron chi connectivity index (χ0n) is 13.0. The summed E-state index contributed by atoms with van der Waals surface area (Å²) in [7, 11) is 0. The summed E-state index contributed by atoms with van der Waals surface area (Å²) in [5, 5.41) is 3.28. The van der Waals surface area contributed by atoms with Gasteiger partial charge in [-0.1, -0.05) is 30.3 Å². The van der Waals surface area contributed by atoms with Gasteiger partial charge in [0.2, 0.25) is 12.7 Å². The number of hydrogen-bond donors (Lipinski definition) is 1. The van der Waals surface area contributed by atoms with E-state index < -0.39 is 0 Å². The molecule has 4 nitrogen and oxygen atoms in total. The molecular weight excluding hydrogens is 310 g/mol. The number of thioether (sulfide) groups is 1. The highest BCUT2D eigenvalue weighted by molar-refractivity contribution is 7.99. The summed E-state index contributed by atoms with van der Waals surface area (Å²) in [5.74, 6) is 2.19. The maximum absolute atomic E-state index is 12.0. The fourth-order valence-corrected chi connectivity index (χ4v) is 3.35. The number of amides is 1. The first-order valence-corrected chi connectivity index (χ1v) is 8.63. The van der Waals surface area contributed by atoms with E-state index in [0.29, 0.717) is 17.4 Å². The Morgan fingerprint density at radius 1 is 1.17 bits per heavy atom. The fourth-order valence-electron chi connectivity index (χ4n) is 2.35. The molecule has 2 aromatic rings. The molecule has 0 saturated heterocycles. The second-order valence-corrected chi connectivity index (χ2v) is 6.74. The molecule has 1 aliphatic rings. The van der Waals surface area contributed by atoms with E-state index in [1.165, 1.54) is 5.56 Å².